The number of rotatable bonds is 8. The quantitative estimate of drug-likeness (QED) is 0.629. The van der Waals surface area contributed by atoms with E-state index in [1.165, 1.54) is 4.31 Å². The van der Waals surface area contributed by atoms with Gasteiger partial charge in [0, 0.05) is 18.8 Å². The Morgan fingerprint density at radius 3 is 2.53 bits per heavy atom. The molecule has 9 heteroatoms. The molecule has 3 rings (SSSR count). The fourth-order valence-electron chi connectivity index (χ4n) is 3.78. The first-order valence-corrected chi connectivity index (χ1v) is 12.1. The summed E-state index contributed by atoms with van der Waals surface area (Å²) in [4.78, 5) is 24.0. The number of nitrogens with zero attached hydrogens (tertiary/aromatic N) is 1. The van der Waals surface area contributed by atoms with Crippen LogP contribution in [-0.4, -0.2) is 44.2 Å². The Bertz CT molecular complexity index is 1080. The van der Waals surface area contributed by atoms with Gasteiger partial charge in [-0.05, 0) is 68.1 Å². The molecule has 0 spiro atoms. The van der Waals surface area contributed by atoms with Gasteiger partial charge in [-0.25, -0.2) is 8.42 Å². The number of nitrogens with two attached hydrogens (primary N) is 1. The van der Waals surface area contributed by atoms with E-state index in [0.717, 1.165) is 11.1 Å². The molecule has 8 nitrogen and oxygen atoms in total. The number of nitrogens with one attached hydrogen (secondary N) is 1. The van der Waals surface area contributed by atoms with Crippen LogP contribution in [0.5, 0.6) is 5.75 Å². The van der Waals surface area contributed by atoms with Crippen molar-refractivity contribution in [2.75, 3.05) is 25.0 Å². The molecular weight excluding hydrogens is 430 g/mol. The van der Waals surface area contributed by atoms with Gasteiger partial charge < -0.3 is 15.8 Å². The van der Waals surface area contributed by atoms with Crippen molar-refractivity contribution in [1.29, 1.82) is 0 Å². The van der Waals surface area contributed by atoms with Gasteiger partial charge in [-0.1, -0.05) is 12.1 Å². The predicted molar refractivity (Wildman–Crippen MR) is 122 cm³/mol. The molecule has 1 unspecified atom stereocenters. The third kappa shape index (κ3) is 5.66. The molecule has 1 aliphatic rings. The van der Waals surface area contributed by atoms with Crippen LogP contribution in [0, 0.1) is 12.8 Å². The van der Waals surface area contributed by atoms with E-state index in [0.29, 0.717) is 37.4 Å². The van der Waals surface area contributed by atoms with Crippen molar-refractivity contribution >= 4 is 27.5 Å². The number of sulfonamides is 1. The normalized spacial score (nSPS) is 17.0. The molecule has 3 N–H and O–H groups in total. The van der Waals surface area contributed by atoms with E-state index in [4.69, 9.17) is 10.5 Å². The molecule has 2 aromatic carbocycles. The summed E-state index contributed by atoms with van der Waals surface area (Å²) in [5.41, 5.74) is 7.29. The number of anilines is 1. The van der Waals surface area contributed by atoms with Gasteiger partial charge in [0.25, 0.3) is 0 Å². The van der Waals surface area contributed by atoms with Crippen molar-refractivity contribution in [3.05, 3.63) is 53.6 Å². The highest BCUT2D eigenvalue weighted by molar-refractivity contribution is 7.89. The van der Waals surface area contributed by atoms with E-state index in [2.05, 4.69) is 5.32 Å². The van der Waals surface area contributed by atoms with Gasteiger partial charge in [0.05, 0.1) is 23.8 Å². The van der Waals surface area contributed by atoms with Crippen molar-refractivity contribution in [3.63, 3.8) is 0 Å². The monoisotopic (exact) mass is 459 g/mol. The number of hydrogen-bond acceptors (Lipinski definition) is 5. The highest BCUT2D eigenvalue weighted by Crippen LogP contribution is 2.28. The molecule has 0 radical (unpaired) electrons. The first kappa shape index (κ1) is 23.7. The lowest BCUT2D eigenvalue weighted by molar-refractivity contribution is -0.121. The fourth-order valence-corrected chi connectivity index (χ4v) is 5.38. The zero-order chi connectivity index (χ0) is 23.3. The van der Waals surface area contributed by atoms with Gasteiger partial charge in [-0.3, -0.25) is 9.59 Å². The molecule has 1 atom stereocenters. The van der Waals surface area contributed by atoms with Crippen molar-refractivity contribution in [1.82, 2.24) is 4.31 Å². The summed E-state index contributed by atoms with van der Waals surface area (Å²) in [5.74, 6) is -0.444. The molecule has 1 fully saturated rings. The third-order valence-corrected chi connectivity index (χ3v) is 7.30. The molecule has 0 aliphatic carbocycles. The Labute approximate surface area is 188 Å². The SMILES string of the molecule is CCOc1ccc(S(=O)(=O)N2CCCC(C(=O)Nc3ccc(CC(N)=O)cc3)C2)cc1C. The Morgan fingerprint density at radius 1 is 1.19 bits per heavy atom. The minimum atomic E-state index is -3.72. The molecule has 172 valence electrons. The van der Waals surface area contributed by atoms with E-state index in [1.807, 2.05) is 13.8 Å². The number of piperidine rings is 1. The van der Waals surface area contributed by atoms with Crippen LogP contribution in [0.25, 0.3) is 0 Å². The standard InChI is InChI=1S/C23H29N3O5S/c1-3-31-21-11-10-20(13-16(21)2)32(29,30)26-12-4-5-18(15-26)23(28)25-19-8-6-17(7-9-19)14-22(24)27/h6-11,13,18H,3-5,12,14-15H2,1-2H3,(H2,24,27)(H,25,28). The lowest BCUT2D eigenvalue weighted by Gasteiger charge is -2.31. The van der Waals surface area contributed by atoms with Crippen LogP contribution in [0.3, 0.4) is 0 Å². The zero-order valence-corrected chi connectivity index (χ0v) is 19.2. The van der Waals surface area contributed by atoms with Crippen LogP contribution in [-0.2, 0) is 26.0 Å². The Balaban J connectivity index is 1.68. The van der Waals surface area contributed by atoms with E-state index in [9.17, 15) is 18.0 Å². The summed E-state index contributed by atoms with van der Waals surface area (Å²) >= 11 is 0. The van der Waals surface area contributed by atoms with Gasteiger partial charge in [0.2, 0.25) is 21.8 Å². The minimum absolute atomic E-state index is 0.125. The molecule has 1 saturated heterocycles. The van der Waals surface area contributed by atoms with E-state index < -0.39 is 21.8 Å². The topological polar surface area (TPSA) is 119 Å². The van der Waals surface area contributed by atoms with Crippen LogP contribution < -0.4 is 15.8 Å². The highest BCUT2D eigenvalue weighted by Gasteiger charge is 2.33. The Hall–Kier alpha value is -2.91. The fraction of sp³-hybridized carbons (Fsp3) is 0.391. The number of aryl methyl sites for hydroxylation is 1. The minimum Gasteiger partial charge on any atom is -0.494 e. The summed E-state index contributed by atoms with van der Waals surface area (Å²) in [5, 5.41) is 2.84. The third-order valence-electron chi connectivity index (χ3n) is 5.44. The number of primary amides is 1. The molecule has 32 heavy (non-hydrogen) atoms. The van der Waals surface area contributed by atoms with E-state index in [-0.39, 0.29) is 23.8 Å². The summed E-state index contributed by atoms with van der Waals surface area (Å²) in [6.45, 7) is 4.69. The molecule has 0 saturated carbocycles. The molecule has 1 aliphatic heterocycles. The number of hydrogen-bond donors (Lipinski definition) is 2. The highest BCUT2D eigenvalue weighted by atomic mass is 32.2. The maximum Gasteiger partial charge on any atom is 0.243 e. The first-order valence-electron chi connectivity index (χ1n) is 10.6. The number of carbonyl (C=O) groups is 2. The average Bonchev–Trinajstić information content (AvgIpc) is 2.76. The second kappa shape index (κ2) is 10.1. The largest absolute Gasteiger partial charge is 0.494 e. The van der Waals surface area contributed by atoms with Gasteiger partial charge >= 0.3 is 0 Å². The summed E-state index contributed by atoms with van der Waals surface area (Å²) in [6.07, 6.45) is 1.35. The first-order chi connectivity index (χ1) is 15.2. The van der Waals surface area contributed by atoms with Crippen LogP contribution in [0.4, 0.5) is 5.69 Å². The number of ether oxygens (including phenoxy) is 1. The molecular formula is C23H29N3O5S. The van der Waals surface area contributed by atoms with Crippen molar-refractivity contribution in [3.8, 4) is 5.75 Å². The zero-order valence-electron chi connectivity index (χ0n) is 18.3. The lowest BCUT2D eigenvalue weighted by Crippen LogP contribution is -2.43. The maximum atomic E-state index is 13.2. The van der Waals surface area contributed by atoms with Gasteiger partial charge in [0.1, 0.15) is 5.75 Å². The molecule has 0 bridgehead atoms. The van der Waals surface area contributed by atoms with Crippen molar-refractivity contribution in [2.24, 2.45) is 11.7 Å². The summed E-state index contributed by atoms with van der Waals surface area (Å²) in [7, 11) is -3.72. The van der Waals surface area contributed by atoms with Gasteiger partial charge in [-0.2, -0.15) is 4.31 Å². The molecule has 1 heterocycles. The number of amides is 2. The second-order valence-corrected chi connectivity index (χ2v) is 9.83. The molecule has 0 aromatic heterocycles. The van der Waals surface area contributed by atoms with E-state index >= 15 is 0 Å². The lowest BCUT2D eigenvalue weighted by atomic mass is 9.98. The molecule has 2 amide bonds. The number of benzene rings is 2. The van der Waals surface area contributed by atoms with Crippen LogP contribution >= 0.6 is 0 Å². The maximum absolute atomic E-state index is 13.2. The van der Waals surface area contributed by atoms with Crippen molar-refractivity contribution in [2.45, 2.75) is 38.0 Å². The Kier molecular flexibility index (Phi) is 7.52. The predicted octanol–water partition coefficient (Wildman–Crippen LogP) is 2.46. The summed E-state index contributed by atoms with van der Waals surface area (Å²) in [6, 6.07) is 11.7. The van der Waals surface area contributed by atoms with Gasteiger partial charge in [-0.15, -0.1) is 0 Å². The number of carbonyl (C=O) groups excluding carboxylic acids is 2. The second-order valence-electron chi connectivity index (χ2n) is 7.89. The van der Waals surface area contributed by atoms with Crippen LogP contribution in [0.2, 0.25) is 0 Å². The Morgan fingerprint density at radius 2 is 1.91 bits per heavy atom. The molecule has 2 aromatic rings. The summed E-state index contributed by atoms with van der Waals surface area (Å²) < 4.78 is 33.2. The van der Waals surface area contributed by atoms with Crippen LogP contribution in [0.15, 0.2) is 47.4 Å². The van der Waals surface area contributed by atoms with Crippen LogP contribution in [0.1, 0.15) is 30.9 Å². The smallest absolute Gasteiger partial charge is 0.243 e. The van der Waals surface area contributed by atoms with Gasteiger partial charge in [0.15, 0.2) is 0 Å². The van der Waals surface area contributed by atoms with Crippen molar-refractivity contribution < 1.29 is 22.7 Å². The van der Waals surface area contributed by atoms with E-state index in [1.54, 1.807) is 42.5 Å². The average molecular weight is 460 g/mol.